The average Bonchev–Trinajstić information content (AvgIpc) is 2.86. The lowest BCUT2D eigenvalue weighted by molar-refractivity contribution is -0.117. The van der Waals surface area contributed by atoms with Crippen LogP contribution in [0.1, 0.15) is 44.2 Å². The molecule has 1 unspecified atom stereocenters. The molecule has 2 amide bonds. The van der Waals surface area contributed by atoms with Crippen LogP contribution in [0.15, 0.2) is 60.7 Å². The number of carbonyl (C=O) groups is 2. The molecule has 1 heterocycles. The van der Waals surface area contributed by atoms with E-state index in [1.165, 1.54) is 12.1 Å². The molecule has 0 saturated carbocycles. The lowest BCUT2D eigenvalue weighted by Crippen LogP contribution is -2.39. The summed E-state index contributed by atoms with van der Waals surface area (Å²) in [6.07, 6.45) is 0. The largest absolute Gasteiger partial charge is 0.324 e. The molecule has 1 aliphatic heterocycles. The molecule has 0 aromatic heterocycles. The molecular formula is C25H23FN2O2. The Morgan fingerprint density at radius 1 is 0.967 bits per heavy atom. The molecule has 0 saturated heterocycles. The Morgan fingerprint density at radius 3 is 2.40 bits per heavy atom. The van der Waals surface area contributed by atoms with Gasteiger partial charge in [-0.25, -0.2) is 4.39 Å². The lowest BCUT2D eigenvalue weighted by Gasteiger charge is -2.31. The zero-order valence-corrected chi connectivity index (χ0v) is 17.2. The number of hydrogen-bond acceptors (Lipinski definition) is 2. The van der Waals surface area contributed by atoms with Crippen molar-refractivity contribution in [3.8, 4) is 0 Å². The van der Waals surface area contributed by atoms with Crippen molar-refractivity contribution < 1.29 is 14.0 Å². The van der Waals surface area contributed by atoms with E-state index in [1.54, 1.807) is 23.1 Å². The van der Waals surface area contributed by atoms with E-state index in [4.69, 9.17) is 0 Å². The van der Waals surface area contributed by atoms with E-state index < -0.39 is 6.04 Å². The topological polar surface area (TPSA) is 49.4 Å². The fraction of sp³-hybridized carbons (Fsp3) is 0.200. The Hall–Kier alpha value is -3.47. The molecule has 4 nitrogen and oxygen atoms in total. The standard InChI is InChI=1S/C25H23FN2O2/c1-15-4-11-22-21(12-15)24(18-7-9-20(26)10-8-18)28(14-23(29)27-22)25(30)19-6-5-16(2)17(3)13-19/h4-13,24H,14H2,1-3H3,(H,27,29). The number of rotatable bonds is 2. The van der Waals surface area contributed by atoms with Gasteiger partial charge >= 0.3 is 0 Å². The SMILES string of the molecule is Cc1ccc2c(c1)C(c1ccc(F)cc1)N(C(=O)c1ccc(C)c(C)c1)CC(=O)N2. The van der Waals surface area contributed by atoms with Crippen LogP contribution in [0.25, 0.3) is 0 Å². The monoisotopic (exact) mass is 402 g/mol. The van der Waals surface area contributed by atoms with Crippen molar-refractivity contribution in [2.24, 2.45) is 0 Å². The number of amides is 2. The molecule has 0 aliphatic carbocycles. The highest BCUT2D eigenvalue weighted by atomic mass is 19.1. The van der Waals surface area contributed by atoms with Crippen molar-refractivity contribution in [1.82, 2.24) is 4.90 Å². The van der Waals surface area contributed by atoms with Crippen molar-refractivity contribution in [3.05, 3.63) is 99.9 Å². The van der Waals surface area contributed by atoms with Gasteiger partial charge in [0.1, 0.15) is 12.4 Å². The van der Waals surface area contributed by atoms with Crippen molar-refractivity contribution in [2.45, 2.75) is 26.8 Å². The van der Waals surface area contributed by atoms with Crippen molar-refractivity contribution in [3.63, 3.8) is 0 Å². The van der Waals surface area contributed by atoms with Crippen LogP contribution in [-0.2, 0) is 4.79 Å². The number of halogens is 1. The summed E-state index contributed by atoms with van der Waals surface area (Å²) in [7, 11) is 0. The van der Waals surface area contributed by atoms with Gasteiger partial charge in [-0.3, -0.25) is 9.59 Å². The maximum atomic E-state index is 13.6. The van der Waals surface area contributed by atoms with Crippen LogP contribution in [0.5, 0.6) is 0 Å². The number of fused-ring (bicyclic) bond motifs is 1. The second kappa shape index (κ2) is 7.75. The predicted octanol–water partition coefficient (Wildman–Crippen LogP) is 4.93. The summed E-state index contributed by atoms with van der Waals surface area (Å²) in [5, 5.41) is 2.91. The van der Waals surface area contributed by atoms with E-state index in [9.17, 15) is 14.0 Å². The van der Waals surface area contributed by atoms with Crippen molar-refractivity contribution in [1.29, 1.82) is 0 Å². The molecule has 1 aliphatic rings. The van der Waals surface area contributed by atoms with Crippen LogP contribution in [0.2, 0.25) is 0 Å². The summed E-state index contributed by atoms with van der Waals surface area (Å²) in [5.41, 5.74) is 5.85. The third-order valence-electron chi connectivity index (χ3n) is 5.60. The molecule has 152 valence electrons. The number of carbonyl (C=O) groups excluding carboxylic acids is 2. The van der Waals surface area contributed by atoms with Crippen LogP contribution in [0.4, 0.5) is 10.1 Å². The minimum Gasteiger partial charge on any atom is -0.324 e. The Bertz CT molecular complexity index is 1140. The number of nitrogens with one attached hydrogen (secondary N) is 1. The third-order valence-corrected chi connectivity index (χ3v) is 5.60. The first-order valence-corrected chi connectivity index (χ1v) is 9.87. The molecule has 4 rings (SSSR count). The number of benzene rings is 3. The molecule has 1 atom stereocenters. The molecule has 0 fully saturated rings. The first-order chi connectivity index (χ1) is 14.3. The Morgan fingerprint density at radius 2 is 1.70 bits per heavy atom. The quantitative estimate of drug-likeness (QED) is 0.660. The molecule has 0 spiro atoms. The second-order valence-corrected chi connectivity index (χ2v) is 7.83. The Labute approximate surface area is 175 Å². The smallest absolute Gasteiger partial charge is 0.255 e. The van der Waals surface area contributed by atoms with Gasteiger partial charge in [-0.2, -0.15) is 0 Å². The highest BCUT2D eigenvalue weighted by molar-refractivity contribution is 6.01. The van der Waals surface area contributed by atoms with Gasteiger partial charge in [0.05, 0.1) is 6.04 Å². The molecule has 3 aromatic carbocycles. The van der Waals surface area contributed by atoms with E-state index in [-0.39, 0.29) is 24.2 Å². The van der Waals surface area contributed by atoms with E-state index in [0.717, 1.165) is 27.8 Å². The van der Waals surface area contributed by atoms with Crippen LogP contribution in [0.3, 0.4) is 0 Å². The van der Waals surface area contributed by atoms with Gasteiger partial charge in [-0.15, -0.1) is 0 Å². The molecular weight excluding hydrogens is 379 g/mol. The minimum absolute atomic E-state index is 0.0957. The fourth-order valence-corrected chi connectivity index (χ4v) is 3.86. The molecule has 5 heteroatoms. The Kier molecular flexibility index (Phi) is 5.12. The minimum atomic E-state index is -0.520. The number of anilines is 1. The normalized spacial score (nSPS) is 15.9. The van der Waals surface area contributed by atoms with Gasteiger partial charge in [0.2, 0.25) is 5.91 Å². The van der Waals surface area contributed by atoms with Gasteiger partial charge < -0.3 is 10.2 Å². The predicted molar refractivity (Wildman–Crippen MR) is 115 cm³/mol. The molecule has 1 N–H and O–H groups in total. The van der Waals surface area contributed by atoms with Crippen LogP contribution in [0, 0.1) is 26.6 Å². The van der Waals surface area contributed by atoms with Gasteiger partial charge in [-0.05, 0) is 67.8 Å². The average molecular weight is 402 g/mol. The summed E-state index contributed by atoms with van der Waals surface area (Å²) >= 11 is 0. The number of hydrogen-bond donors (Lipinski definition) is 1. The highest BCUT2D eigenvalue weighted by Crippen LogP contribution is 2.37. The zero-order chi connectivity index (χ0) is 21.4. The van der Waals surface area contributed by atoms with Gasteiger partial charge in [0, 0.05) is 16.8 Å². The first kappa shape index (κ1) is 19.8. The summed E-state index contributed by atoms with van der Waals surface area (Å²) in [5.74, 6) is -0.850. The molecule has 3 aromatic rings. The number of aryl methyl sites for hydroxylation is 3. The fourth-order valence-electron chi connectivity index (χ4n) is 3.86. The maximum Gasteiger partial charge on any atom is 0.255 e. The van der Waals surface area contributed by atoms with Crippen LogP contribution < -0.4 is 5.32 Å². The summed E-state index contributed by atoms with van der Waals surface area (Å²) in [6, 6.07) is 16.9. The first-order valence-electron chi connectivity index (χ1n) is 9.87. The van der Waals surface area contributed by atoms with Gasteiger partial charge in [-0.1, -0.05) is 35.9 Å². The summed E-state index contributed by atoms with van der Waals surface area (Å²) in [4.78, 5) is 27.8. The van der Waals surface area contributed by atoms with Gasteiger partial charge in [0.25, 0.3) is 5.91 Å². The number of nitrogens with zero attached hydrogens (tertiary/aromatic N) is 1. The van der Waals surface area contributed by atoms with Crippen molar-refractivity contribution >= 4 is 17.5 Å². The van der Waals surface area contributed by atoms with E-state index >= 15 is 0 Å². The summed E-state index contributed by atoms with van der Waals surface area (Å²) in [6.45, 7) is 5.81. The van der Waals surface area contributed by atoms with Crippen molar-refractivity contribution in [2.75, 3.05) is 11.9 Å². The third kappa shape index (κ3) is 3.71. The van der Waals surface area contributed by atoms with Crippen LogP contribution in [-0.4, -0.2) is 23.3 Å². The maximum absolute atomic E-state index is 13.6. The molecule has 0 radical (unpaired) electrons. The zero-order valence-electron chi connectivity index (χ0n) is 17.2. The highest BCUT2D eigenvalue weighted by Gasteiger charge is 2.34. The van der Waals surface area contributed by atoms with E-state index in [2.05, 4.69) is 5.32 Å². The van der Waals surface area contributed by atoms with E-state index in [0.29, 0.717) is 11.3 Å². The lowest BCUT2D eigenvalue weighted by atomic mass is 9.93. The molecule has 30 heavy (non-hydrogen) atoms. The van der Waals surface area contributed by atoms with Crippen LogP contribution >= 0.6 is 0 Å². The second-order valence-electron chi connectivity index (χ2n) is 7.83. The Balaban J connectivity index is 1.89. The van der Waals surface area contributed by atoms with E-state index in [1.807, 2.05) is 51.1 Å². The molecule has 0 bridgehead atoms. The van der Waals surface area contributed by atoms with Gasteiger partial charge in [0.15, 0.2) is 0 Å². The summed E-state index contributed by atoms with van der Waals surface area (Å²) < 4.78 is 13.6.